The molecule has 1 aliphatic rings. The number of anilines is 2. The molecule has 0 spiro atoms. The molecular weight excluding hydrogens is 228 g/mol. The molecule has 1 aliphatic heterocycles. The fraction of sp³-hybridized carbons (Fsp3) is 0.692. The van der Waals surface area contributed by atoms with Crippen LogP contribution >= 0.6 is 0 Å². The van der Waals surface area contributed by atoms with Gasteiger partial charge in [-0.15, -0.1) is 0 Å². The van der Waals surface area contributed by atoms with Gasteiger partial charge in [0, 0.05) is 25.8 Å². The number of aromatic nitrogens is 2. The van der Waals surface area contributed by atoms with Crippen LogP contribution in [0.3, 0.4) is 0 Å². The maximum atomic E-state index is 9.92. The molecule has 0 bridgehead atoms. The second-order valence-electron chi connectivity index (χ2n) is 5.91. The molecule has 2 heterocycles. The van der Waals surface area contributed by atoms with Crippen LogP contribution in [0.25, 0.3) is 0 Å². The van der Waals surface area contributed by atoms with Gasteiger partial charge in [-0.2, -0.15) is 4.98 Å². The molecule has 0 aliphatic carbocycles. The predicted molar refractivity (Wildman–Crippen MR) is 72.8 cm³/mol. The lowest BCUT2D eigenvalue weighted by atomic mass is 9.85. The lowest BCUT2D eigenvalue weighted by Crippen LogP contribution is -2.40. The Morgan fingerprint density at radius 2 is 2.17 bits per heavy atom. The van der Waals surface area contributed by atoms with E-state index in [4.69, 9.17) is 0 Å². The first kappa shape index (κ1) is 13.1. The van der Waals surface area contributed by atoms with Crippen molar-refractivity contribution in [3.8, 4) is 0 Å². The van der Waals surface area contributed by atoms with Crippen LogP contribution < -0.4 is 10.2 Å². The molecular formula is C13H22N4O. The van der Waals surface area contributed by atoms with Crippen molar-refractivity contribution in [3.63, 3.8) is 0 Å². The van der Waals surface area contributed by atoms with Gasteiger partial charge in [-0.1, -0.05) is 20.8 Å². The minimum Gasteiger partial charge on any atom is -0.391 e. The zero-order chi connectivity index (χ0) is 13.3. The third-order valence-corrected chi connectivity index (χ3v) is 3.44. The van der Waals surface area contributed by atoms with Crippen molar-refractivity contribution < 1.29 is 5.11 Å². The SMILES string of the molecule is CNc1nccc(N2C[C@H](O)CC2C(C)(C)C)n1. The average molecular weight is 250 g/mol. The monoisotopic (exact) mass is 250 g/mol. The molecule has 100 valence electrons. The van der Waals surface area contributed by atoms with Crippen LogP contribution in [-0.4, -0.2) is 40.8 Å². The summed E-state index contributed by atoms with van der Waals surface area (Å²) >= 11 is 0. The van der Waals surface area contributed by atoms with Gasteiger partial charge < -0.3 is 15.3 Å². The first-order valence-electron chi connectivity index (χ1n) is 6.37. The quantitative estimate of drug-likeness (QED) is 0.833. The largest absolute Gasteiger partial charge is 0.391 e. The van der Waals surface area contributed by atoms with E-state index in [9.17, 15) is 5.11 Å². The van der Waals surface area contributed by atoms with Gasteiger partial charge in [0.25, 0.3) is 0 Å². The number of nitrogens with one attached hydrogen (secondary N) is 1. The van der Waals surface area contributed by atoms with E-state index in [0.29, 0.717) is 18.5 Å². The summed E-state index contributed by atoms with van der Waals surface area (Å²) < 4.78 is 0. The summed E-state index contributed by atoms with van der Waals surface area (Å²) in [5.74, 6) is 1.49. The van der Waals surface area contributed by atoms with Gasteiger partial charge in [-0.25, -0.2) is 4.98 Å². The number of β-amino-alcohol motifs (C(OH)–C–C–N with tert-alkyl or cyclic N) is 1. The predicted octanol–water partition coefficient (Wildman–Crippen LogP) is 1.50. The molecule has 0 amide bonds. The van der Waals surface area contributed by atoms with E-state index < -0.39 is 0 Å². The van der Waals surface area contributed by atoms with Crippen molar-refractivity contribution in [2.45, 2.75) is 39.3 Å². The van der Waals surface area contributed by atoms with Crippen LogP contribution in [0.5, 0.6) is 0 Å². The first-order valence-corrected chi connectivity index (χ1v) is 6.37. The minimum absolute atomic E-state index is 0.113. The standard InChI is InChI=1S/C13H22N4O/c1-13(2,3)10-7-9(18)8-17(10)11-5-6-15-12(14-4)16-11/h5-6,9-10,18H,7-8H2,1-4H3,(H,14,15,16)/t9-,10?/m1/s1. The number of rotatable bonds is 2. The minimum atomic E-state index is -0.276. The van der Waals surface area contributed by atoms with E-state index in [2.05, 4.69) is 41.0 Å². The maximum Gasteiger partial charge on any atom is 0.224 e. The van der Waals surface area contributed by atoms with Gasteiger partial charge in [0.15, 0.2) is 0 Å². The summed E-state index contributed by atoms with van der Waals surface area (Å²) in [6.07, 6.45) is 2.27. The first-order chi connectivity index (χ1) is 8.41. The number of nitrogens with zero attached hydrogens (tertiary/aromatic N) is 3. The maximum absolute atomic E-state index is 9.92. The Morgan fingerprint density at radius 1 is 1.44 bits per heavy atom. The number of aliphatic hydroxyl groups is 1. The average Bonchev–Trinajstić information content (AvgIpc) is 2.71. The van der Waals surface area contributed by atoms with Crippen LogP contribution in [0, 0.1) is 5.41 Å². The van der Waals surface area contributed by atoms with Gasteiger partial charge in [-0.3, -0.25) is 0 Å². The van der Waals surface area contributed by atoms with Crippen molar-refractivity contribution in [3.05, 3.63) is 12.3 Å². The molecule has 1 aromatic rings. The molecule has 1 aromatic heterocycles. The van der Waals surface area contributed by atoms with E-state index in [0.717, 1.165) is 12.2 Å². The zero-order valence-electron chi connectivity index (χ0n) is 11.5. The van der Waals surface area contributed by atoms with Gasteiger partial charge in [0.1, 0.15) is 5.82 Å². The van der Waals surface area contributed by atoms with Gasteiger partial charge in [0.2, 0.25) is 5.95 Å². The number of hydrogen-bond donors (Lipinski definition) is 2. The Kier molecular flexibility index (Phi) is 3.43. The van der Waals surface area contributed by atoms with Crippen molar-refractivity contribution >= 4 is 11.8 Å². The lowest BCUT2D eigenvalue weighted by molar-refractivity contribution is 0.182. The highest BCUT2D eigenvalue weighted by atomic mass is 16.3. The molecule has 0 radical (unpaired) electrons. The Labute approximate surface area is 108 Å². The molecule has 18 heavy (non-hydrogen) atoms. The molecule has 5 heteroatoms. The topological polar surface area (TPSA) is 61.3 Å². The van der Waals surface area contributed by atoms with Crippen LogP contribution in [-0.2, 0) is 0 Å². The van der Waals surface area contributed by atoms with Crippen LogP contribution in [0.1, 0.15) is 27.2 Å². The second-order valence-corrected chi connectivity index (χ2v) is 5.91. The number of hydrogen-bond acceptors (Lipinski definition) is 5. The third kappa shape index (κ3) is 2.56. The summed E-state index contributed by atoms with van der Waals surface area (Å²) in [6.45, 7) is 7.23. The molecule has 2 N–H and O–H groups in total. The molecule has 1 saturated heterocycles. The molecule has 1 fully saturated rings. The lowest BCUT2D eigenvalue weighted by Gasteiger charge is -2.35. The van der Waals surface area contributed by atoms with Crippen molar-refractivity contribution in [2.75, 3.05) is 23.8 Å². The van der Waals surface area contributed by atoms with Crippen LogP contribution in [0.2, 0.25) is 0 Å². The Morgan fingerprint density at radius 3 is 2.78 bits per heavy atom. The molecule has 2 rings (SSSR count). The summed E-state index contributed by atoms with van der Waals surface area (Å²) in [5.41, 5.74) is 0.113. The van der Waals surface area contributed by atoms with Crippen LogP contribution in [0.4, 0.5) is 11.8 Å². The molecule has 0 aromatic carbocycles. The molecule has 2 atom stereocenters. The summed E-state index contributed by atoms with van der Waals surface area (Å²) in [4.78, 5) is 10.8. The summed E-state index contributed by atoms with van der Waals surface area (Å²) in [7, 11) is 1.80. The van der Waals surface area contributed by atoms with E-state index >= 15 is 0 Å². The summed E-state index contributed by atoms with van der Waals surface area (Å²) in [5, 5.41) is 12.9. The van der Waals surface area contributed by atoms with E-state index in [1.54, 1.807) is 13.2 Å². The zero-order valence-corrected chi connectivity index (χ0v) is 11.5. The highest BCUT2D eigenvalue weighted by Gasteiger charge is 2.39. The Hall–Kier alpha value is -1.36. The Balaban J connectivity index is 2.29. The van der Waals surface area contributed by atoms with Gasteiger partial charge in [-0.05, 0) is 17.9 Å². The fourth-order valence-corrected chi connectivity index (χ4v) is 2.52. The molecule has 1 unspecified atom stereocenters. The number of aliphatic hydroxyl groups excluding tert-OH is 1. The van der Waals surface area contributed by atoms with Gasteiger partial charge in [0.05, 0.1) is 6.10 Å². The fourth-order valence-electron chi connectivity index (χ4n) is 2.52. The highest BCUT2D eigenvalue weighted by Crippen LogP contribution is 2.35. The second kappa shape index (κ2) is 4.72. The van der Waals surface area contributed by atoms with Crippen molar-refractivity contribution in [2.24, 2.45) is 5.41 Å². The van der Waals surface area contributed by atoms with E-state index in [1.807, 2.05) is 6.07 Å². The Bertz CT molecular complexity index is 416. The third-order valence-electron chi connectivity index (χ3n) is 3.44. The molecule has 0 saturated carbocycles. The van der Waals surface area contributed by atoms with Crippen molar-refractivity contribution in [1.29, 1.82) is 0 Å². The van der Waals surface area contributed by atoms with E-state index in [-0.39, 0.29) is 11.5 Å². The van der Waals surface area contributed by atoms with Crippen molar-refractivity contribution in [1.82, 2.24) is 9.97 Å². The smallest absolute Gasteiger partial charge is 0.224 e. The van der Waals surface area contributed by atoms with Gasteiger partial charge >= 0.3 is 0 Å². The van der Waals surface area contributed by atoms with E-state index in [1.165, 1.54) is 0 Å². The normalized spacial score (nSPS) is 24.4. The highest BCUT2D eigenvalue weighted by molar-refractivity contribution is 5.45. The summed E-state index contributed by atoms with van der Waals surface area (Å²) in [6, 6.07) is 2.20. The van der Waals surface area contributed by atoms with Crippen LogP contribution in [0.15, 0.2) is 12.3 Å². The molecule has 5 nitrogen and oxygen atoms in total.